The molecule has 16 heavy (non-hydrogen) atoms. The van der Waals surface area contributed by atoms with Crippen LogP contribution in [0.4, 0.5) is 0 Å². The molecular weight excluding hydrogens is 216 g/mol. The number of nitrogens with zero attached hydrogens (tertiary/aromatic N) is 1. The zero-order valence-corrected chi connectivity index (χ0v) is 11.1. The lowest BCUT2D eigenvalue weighted by atomic mass is 10.2. The molecule has 1 N–H and O–H groups in total. The van der Waals surface area contributed by atoms with Crippen molar-refractivity contribution in [2.45, 2.75) is 44.8 Å². The van der Waals surface area contributed by atoms with Crippen molar-refractivity contribution in [3.05, 3.63) is 22.4 Å². The number of hydrogen-bond acceptors (Lipinski definition) is 3. The van der Waals surface area contributed by atoms with E-state index in [-0.39, 0.29) is 0 Å². The number of rotatable bonds is 7. The Balaban J connectivity index is 1.89. The first kappa shape index (κ1) is 12.1. The molecule has 1 aliphatic carbocycles. The normalized spacial score (nSPS) is 17.9. The quantitative estimate of drug-likeness (QED) is 0.786. The van der Waals surface area contributed by atoms with Gasteiger partial charge in [0.15, 0.2) is 0 Å². The van der Waals surface area contributed by atoms with Crippen LogP contribution in [0.2, 0.25) is 0 Å². The van der Waals surface area contributed by atoms with Crippen LogP contribution >= 0.6 is 11.3 Å². The zero-order valence-electron chi connectivity index (χ0n) is 10.3. The van der Waals surface area contributed by atoms with Gasteiger partial charge in [0.1, 0.15) is 0 Å². The summed E-state index contributed by atoms with van der Waals surface area (Å²) in [6.07, 6.45) is 4.04. The third kappa shape index (κ3) is 3.30. The van der Waals surface area contributed by atoms with E-state index >= 15 is 0 Å². The molecule has 0 amide bonds. The summed E-state index contributed by atoms with van der Waals surface area (Å²) >= 11 is 1.88. The number of thiophene rings is 1. The molecule has 1 atom stereocenters. The van der Waals surface area contributed by atoms with Crippen LogP contribution in [0.15, 0.2) is 17.5 Å². The maximum atomic E-state index is 3.25. The number of hydrogen-bond donors (Lipinski definition) is 1. The lowest BCUT2D eigenvalue weighted by molar-refractivity contribution is 0.182. The minimum Gasteiger partial charge on any atom is -0.320 e. The average molecular weight is 238 g/mol. The van der Waals surface area contributed by atoms with Gasteiger partial charge < -0.3 is 5.32 Å². The largest absolute Gasteiger partial charge is 0.320 e. The van der Waals surface area contributed by atoms with Gasteiger partial charge in [-0.2, -0.15) is 0 Å². The highest BCUT2D eigenvalue weighted by Crippen LogP contribution is 2.31. The molecule has 0 spiro atoms. The van der Waals surface area contributed by atoms with Gasteiger partial charge in [-0.15, -0.1) is 11.3 Å². The van der Waals surface area contributed by atoms with Gasteiger partial charge in [-0.3, -0.25) is 4.90 Å². The predicted octanol–water partition coefficient (Wildman–Crippen LogP) is 2.71. The van der Waals surface area contributed by atoms with Crippen molar-refractivity contribution in [3.63, 3.8) is 0 Å². The second kappa shape index (κ2) is 5.80. The van der Waals surface area contributed by atoms with Crippen molar-refractivity contribution in [1.82, 2.24) is 10.2 Å². The fraction of sp³-hybridized carbons (Fsp3) is 0.692. The van der Waals surface area contributed by atoms with Crippen LogP contribution < -0.4 is 5.32 Å². The summed E-state index contributed by atoms with van der Waals surface area (Å²) in [5.41, 5.74) is 0. The molecule has 0 bridgehead atoms. The summed E-state index contributed by atoms with van der Waals surface area (Å²) in [5, 5.41) is 5.43. The molecule has 0 aromatic carbocycles. The number of nitrogens with one attached hydrogen (secondary N) is 1. The minimum absolute atomic E-state index is 0.696. The van der Waals surface area contributed by atoms with Crippen LogP contribution in [0.3, 0.4) is 0 Å². The van der Waals surface area contributed by atoms with E-state index in [1.54, 1.807) is 0 Å². The molecule has 1 saturated carbocycles. The fourth-order valence-electron chi connectivity index (χ4n) is 2.15. The molecule has 3 heteroatoms. The van der Waals surface area contributed by atoms with Crippen molar-refractivity contribution in [3.8, 4) is 0 Å². The van der Waals surface area contributed by atoms with Gasteiger partial charge in [-0.05, 0) is 51.2 Å². The van der Waals surface area contributed by atoms with E-state index in [0.29, 0.717) is 6.04 Å². The molecule has 1 aromatic heterocycles. The SMILES string of the molecule is CNCCC(C)N(Cc1cccs1)C1CC1. The van der Waals surface area contributed by atoms with Gasteiger partial charge in [-0.25, -0.2) is 0 Å². The van der Waals surface area contributed by atoms with Gasteiger partial charge in [0.2, 0.25) is 0 Å². The first-order valence-corrected chi connectivity index (χ1v) is 7.12. The van der Waals surface area contributed by atoms with Crippen LogP contribution in [-0.4, -0.2) is 30.6 Å². The first-order valence-electron chi connectivity index (χ1n) is 6.24. The lowest BCUT2D eigenvalue weighted by Crippen LogP contribution is -2.36. The highest BCUT2D eigenvalue weighted by molar-refractivity contribution is 7.09. The molecule has 1 aliphatic rings. The van der Waals surface area contributed by atoms with Gasteiger partial charge in [-0.1, -0.05) is 6.07 Å². The Labute approximate surface area is 103 Å². The molecule has 0 aliphatic heterocycles. The molecular formula is C13H22N2S. The smallest absolute Gasteiger partial charge is 0.0333 e. The summed E-state index contributed by atoms with van der Waals surface area (Å²) in [7, 11) is 2.04. The van der Waals surface area contributed by atoms with Gasteiger partial charge in [0.05, 0.1) is 0 Å². The Hall–Kier alpha value is -0.380. The van der Waals surface area contributed by atoms with Crippen LogP contribution in [0.5, 0.6) is 0 Å². The minimum atomic E-state index is 0.696. The third-order valence-electron chi connectivity index (χ3n) is 3.31. The van der Waals surface area contributed by atoms with E-state index in [4.69, 9.17) is 0 Å². The average Bonchev–Trinajstić information content (AvgIpc) is 3.00. The van der Waals surface area contributed by atoms with Crippen LogP contribution in [0, 0.1) is 0 Å². The van der Waals surface area contributed by atoms with Crippen molar-refractivity contribution in [2.24, 2.45) is 0 Å². The van der Waals surface area contributed by atoms with E-state index in [2.05, 4.69) is 34.7 Å². The maximum absolute atomic E-state index is 3.25. The van der Waals surface area contributed by atoms with Crippen molar-refractivity contribution >= 4 is 11.3 Å². The van der Waals surface area contributed by atoms with Gasteiger partial charge in [0, 0.05) is 23.5 Å². The van der Waals surface area contributed by atoms with Crippen molar-refractivity contribution < 1.29 is 0 Å². The van der Waals surface area contributed by atoms with Crippen molar-refractivity contribution in [2.75, 3.05) is 13.6 Å². The van der Waals surface area contributed by atoms with E-state index in [0.717, 1.165) is 19.1 Å². The van der Waals surface area contributed by atoms with Gasteiger partial charge in [0.25, 0.3) is 0 Å². The maximum Gasteiger partial charge on any atom is 0.0333 e. The molecule has 0 saturated heterocycles. The molecule has 1 fully saturated rings. The Kier molecular flexibility index (Phi) is 4.38. The Morgan fingerprint density at radius 3 is 2.94 bits per heavy atom. The molecule has 1 heterocycles. The Bertz CT molecular complexity index is 293. The summed E-state index contributed by atoms with van der Waals surface area (Å²) in [4.78, 5) is 4.19. The van der Waals surface area contributed by atoms with Crippen molar-refractivity contribution in [1.29, 1.82) is 0 Å². The molecule has 1 aromatic rings. The Morgan fingerprint density at radius 2 is 2.38 bits per heavy atom. The van der Waals surface area contributed by atoms with Crippen LogP contribution in [0.25, 0.3) is 0 Å². The highest BCUT2D eigenvalue weighted by atomic mass is 32.1. The fourth-order valence-corrected chi connectivity index (χ4v) is 2.87. The highest BCUT2D eigenvalue weighted by Gasteiger charge is 2.31. The first-order chi connectivity index (χ1) is 7.81. The van der Waals surface area contributed by atoms with Gasteiger partial charge >= 0.3 is 0 Å². The second-order valence-corrected chi connectivity index (χ2v) is 5.76. The van der Waals surface area contributed by atoms with E-state index < -0.39 is 0 Å². The van der Waals surface area contributed by atoms with Crippen LogP contribution in [-0.2, 0) is 6.54 Å². The summed E-state index contributed by atoms with van der Waals surface area (Å²) < 4.78 is 0. The van der Waals surface area contributed by atoms with Crippen LogP contribution in [0.1, 0.15) is 31.1 Å². The summed E-state index contributed by atoms with van der Waals surface area (Å²) in [6.45, 7) is 4.63. The lowest BCUT2D eigenvalue weighted by Gasteiger charge is -2.28. The molecule has 0 radical (unpaired) electrons. The summed E-state index contributed by atoms with van der Waals surface area (Å²) in [5.74, 6) is 0. The Morgan fingerprint density at radius 1 is 1.56 bits per heavy atom. The second-order valence-electron chi connectivity index (χ2n) is 4.72. The molecule has 2 rings (SSSR count). The topological polar surface area (TPSA) is 15.3 Å². The predicted molar refractivity (Wildman–Crippen MR) is 70.9 cm³/mol. The zero-order chi connectivity index (χ0) is 11.4. The molecule has 90 valence electrons. The third-order valence-corrected chi connectivity index (χ3v) is 4.17. The monoisotopic (exact) mass is 238 g/mol. The standard InChI is InChI=1S/C13H22N2S/c1-11(7-8-14-2)15(12-5-6-12)10-13-4-3-9-16-13/h3-4,9,11-12,14H,5-8,10H2,1-2H3. The van der Waals surface area contributed by atoms with E-state index in [9.17, 15) is 0 Å². The molecule has 2 nitrogen and oxygen atoms in total. The summed E-state index contributed by atoms with van der Waals surface area (Å²) in [6, 6.07) is 5.96. The van der Waals surface area contributed by atoms with E-state index in [1.165, 1.54) is 24.1 Å². The molecule has 1 unspecified atom stereocenters. The van der Waals surface area contributed by atoms with E-state index in [1.807, 2.05) is 18.4 Å².